The molecule has 8 nitrogen and oxygen atoms in total. The maximum Gasteiger partial charge on any atom is 0.287 e. The lowest BCUT2D eigenvalue weighted by Gasteiger charge is -2.13. The zero-order chi connectivity index (χ0) is 22.3. The molecular weight excluding hydrogens is 435 g/mol. The molecule has 0 aliphatic carbocycles. The van der Waals surface area contributed by atoms with Gasteiger partial charge in [0.1, 0.15) is 24.0 Å². The lowest BCUT2D eigenvalue weighted by Crippen LogP contribution is -2.26. The molecule has 2 aromatic heterocycles. The van der Waals surface area contributed by atoms with Gasteiger partial charge in [0.05, 0.1) is 11.8 Å². The highest BCUT2D eigenvalue weighted by Gasteiger charge is 2.21. The lowest BCUT2D eigenvalue weighted by molar-refractivity contribution is 0.0917. The van der Waals surface area contributed by atoms with Crippen LogP contribution < -0.4 is 5.32 Å². The molecule has 1 atom stereocenters. The fourth-order valence-electron chi connectivity index (χ4n) is 3.47. The highest BCUT2D eigenvalue weighted by molar-refractivity contribution is 7.99. The molecule has 10 heteroatoms. The fourth-order valence-corrected chi connectivity index (χ4v) is 4.50. The van der Waals surface area contributed by atoms with E-state index in [9.17, 15) is 9.18 Å². The van der Waals surface area contributed by atoms with Crippen LogP contribution in [0.5, 0.6) is 0 Å². The molecule has 4 rings (SSSR count). The Bertz CT molecular complexity index is 1050. The third kappa shape index (κ3) is 5.37. The number of hydrogen-bond donors (Lipinski definition) is 1. The largest absolute Gasteiger partial charge is 0.453 e. The first-order chi connectivity index (χ1) is 15.7. The van der Waals surface area contributed by atoms with E-state index in [0.29, 0.717) is 42.0 Å². The minimum absolute atomic E-state index is 0.171. The minimum atomic E-state index is -0.363. The van der Waals surface area contributed by atoms with Gasteiger partial charge in [-0.25, -0.2) is 4.39 Å². The van der Waals surface area contributed by atoms with Crippen molar-refractivity contribution in [2.24, 2.45) is 0 Å². The van der Waals surface area contributed by atoms with Crippen LogP contribution in [0.25, 0.3) is 5.69 Å². The summed E-state index contributed by atoms with van der Waals surface area (Å²) in [6.45, 7) is 1.37. The van der Waals surface area contributed by atoms with Crippen molar-refractivity contribution in [2.45, 2.75) is 37.1 Å². The van der Waals surface area contributed by atoms with E-state index in [1.807, 2.05) is 0 Å². The number of carbonyl (C=O) groups is 1. The topological polar surface area (TPSA) is 91.4 Å². The first kappa shape index (κ1) is 22.5. The molecule has 3 aromatic rings. The van der Waals surface area contributed by atoms with Crippen LogP contribution in [0.3, 0.4) is 0 Å². The number of carbonyl (C=O) groups excluding carboxylic acids is 1. The number of hydrogen-bond acceptors (Lipinski definition) is 7. The molecule has 0 radical (unpaired) electrons. The van der Waals surface area contributed by atoms with Crippen molar-refractivity contribution >= 4 is 17.7 Å². The number of halogens is 1. The molecule has 0 bridgehead atoms. The lowest BCUT2D eigenvalue weighted by atomic mass is 10.3. The highest BCUT2D eigenvalue weighted by atomic mass is 32.2. The molecule has 0 saturated carbocycles. The summed E-state index contributed by atoms with van der Waals surface area (Å²) in [6.07, 6.45) is 2.61. The van der Waals surface area contributed by atoms with Crippen molar-refractivity contribution in [1.82, 2.24) is 20.1 Å². The van der Waals surface area contributed by atoms with Crippen LogP contribution in [-0.4, -0.2) is 52.8 Å². The molecule has 32 heavy (non-hydrogen) atoms. The van der Waals surface area contributed by atoms with E-state index in [0.717, 1.165) is 25.2 Å². The molecule has 1 unspecified atom stereocenters. The van der Waals surface area contributed by atoms with Crippen molar-refractivity contribution in [3.8, 4) is 5.69 Å². The Morgan fingerprint density at radius 2 is 2.19 bits per heavy atom. The van der Waals surface area contributed by atoms with E-state index in [1.54, 1.807) is 42.0 Å². The van der Waals surface area contributed by atoms with Crippen molar-refractivity contribution in [3.63, 3.8) is 0 Å². The summed E-state index contributed by atoms with van der Waals surface area (Å²) in [5.74, 6) is 1.37. The average Bonchev–Trinajstić information content (AvgIpc) is 3.54. The Hall–Kier alpha value is -2.69. The number of para-hydroxylation sites is 1. The third-order valence-electron chi connectivity index (χ3n) is 5.02. The van der Waals surface area contributed by atoms with E-state index in [4.69, 9.17) is 13.9 Å². The normalized spacial score (nSPS) is 15.9. The fraction of sp³-hybridized carbons (Fsp3) is 0.409. The van der Waals surface area contributed by atoms with Gasteiger partial charge in [-0.1, -0.05) is 23.9 Å². The Kier molecular flexibility index (Phi) is 7.56. The van der Waals surface area contributed by atoms with Gasteiger partial charge in [0.15, 0.2) is 10.9 Å². The summed E-state index contributed by atoms with van der Waals surface area (Å²) in [4.78, 5) is 12.3. The van der Waals surface area contributed by atoms with E-state index in [-0.39, 0.29) is 23.6 Å². The van der Waals surface area contributed by atoms with Crippen LogP contribution in [0.4, 0.5) is 4.39 Å². The molecule has 1 aliphatic rings. The van der Waals surface area contributed by atoms with Gasteiger partial charge < -0.3 is 19.2 Å². The Morgan fingerprint density at radius 1 is 1.31 bits per heavy atom. The van der Waals surface area contributed by atoms with Crippen molar-refractivity contribution < 1.29 is 23.1 Å². The number of methoxy groups -OCH3 is 1. The number of amides is 1. The summed E-state index contributed by atoms with van der Waals surface area (Å²) in [6, 6.07) is 9.81. The van der Waals surface area contributed by atoms with Crippen LogP contribution in [0.1, 0.15) is 35.0 Å². The first-order valence-electron chi connectivity index (χ1n) is 10.4. The number of benzene rings is 1. The summed E-state index contributed by atoms with van der Waals surface area (Å²) >= 11 is 1.50. The first-order valence-corrected chi connectivity index (χ1v) is 11.4. The summed E-state index contributed by atoms with van der Waals surface area (Å²) in [5.41, 5.74) is 0.379. The minimum Gasteiger partial charge on any atom is -0.453 e. The summed E-state index contributed by atoms with van der Waals surface area (Å²) in [5, 5.41) is 12.0. The SMILES string of the molecule is COCc1ccc(C(=O)NCCc2nnc(SCC3CCCO3)n2-c2ccccc2F)o1. The van der Waals surface area contributed by atoms with Crippen molar-refractivity contribution in [2.75, 3.05) is 26.0 Å². The number of thioether (sulfide) groups is 1. The molecule has 170 valence electrons. The standard InChI is InChI=1S/C22H25FN4O4S/c1-29-13-15-8-9-19(31-15)21(28)24-11-10-20-25-26-22(32-14-16-5-4-12-30-16)27(20)18-7-3-2-6-17(18)23/h2-3,6-9,16H,4-5,10-14H2,1H3,(H,24,28). The van der Waals surface area contributed by atoms with Crippen LogP contribution in [0.15, 0.2) is 46.0 Å². The van der Waals surface area contributed by atoms with Crippen LogP contribution >= 0.6 is 11.8 Å². The van der Waals surface area contributed by atoms with Gasteiger partial charge in [-0.05, 0) is 37.1 Å². The maximum atomic E-state index is 14.6. The third-order valence-corrected chi connectivity index (χ3v) is 6.08. The number of ether oxygens (including phenoxy) is 2. The van der Waals surface area contributed by atoms with Gasteiger partial charge in [0.2, 0.25) is 0 Å². The number of furan rings is 1. The predicted octanol–water partition coefficient (Wildman–Crippen LogP) is 3.39. The Labute approximate surface area is 189 Å². The van der Waals surface area contributed by atoms with Gasteiger partial charge in [-0.15, -0.1) is 10.2 Å². The molecular formula is C22H25FN4O4S. The van der Waals surface area contributed by atoms with Crippen LogP contribution in [0, 0.1) is 5.82 Å². The predicted molar refractivity (Wildman–Crippen MR) is 116 cm³/mol. The molecule has 1 aliphatic heterocycles. The number of nitrogens with one attached hydrogen (secondary N) is 1. The zero-order valence-electron chi connectivity index (χ0n) is 17.8. The van der Waals surface area contributed by atoms with E-state index in [1.165, 1.54) is 17.8 Å². The van der Waals surface area contributed by atoms with Gasteiger partial charge in [0, 0.05) is 32.4 Å². The number of rotatable bonds is 10. The highest BCUT2D eigenvalue weighted by Crippen LogP contribution is 2.27. The molecule has 3 heterocycles. The van der Waals surface area contributed by atoms with E-state index in [2.05, 4.69) is 15.5 Å². The van der Waals surface area contributed by atoms with E-state index >= 15 is 0 Å². The maximum absolute atomic E-state index is 14.6. The zero-order valence-corrected chi connectivity index (χ0v) is 18.6. The molecule has 1 N–H and O–H groups in total. The number of nitrogens with zero attached hydrogens (tertiary/aromatic N) is 3. The van der Waals surface area contributed by atoms with Gasteiger partial charge >= 0.3 is 0 Å². The Morgan fingerprint density at radius 3 is 2.97 bits per heavy atom. The Balaban J connectivity index is 1.45. The smallest absolute Gasteiger partial charge is 0.287 e. The molecule has 0 spiro atoms. The monoisotopic (exact) mass is 460 g/mol. The number of aromatic nitrogens is 3. The second kappa shape index (κ2) is 10.8. The second-order valence-electron chi connectivity index (χ2n) is 7.34. The molecule has 1 amide bonds. The molecule has 1 fully saturated rings. The van der Waals surface area contributed by atoms with Gasteiger partial charge in [0.25, 0.3) is 5.91 Å². The van der Waals surface area contributed by atoms with Crippen LogP contribution in [-0.2, 0) is 22.5 Å². The van der Waals surface area contributed by atoms with Crippen LogP contribution in [0.2, 0.25) is 0 Å². The van der Waals surface area contributed by atoms with Crippen molar-refractivity contribution in [3.05, 3.63) is 59.6 Å². The van der Waals surface area contributed by atoms with E-state index < -0.39 is 0 Å². The quantitative estimate of drug-likeness (QED) is 0.464. The van der Waals surface area contributed by atoms with Gasteiger partial charge in [-0.2, -0.15) is 0 Å². The van der Waals surface area contributed by atoms with Crippen molar-refractivity contribution in [1.29, 1.82) is 0 Å². The summed E-state index contributed by atoms with van der Waals surface area (Å²) in [7, 11) is 1.56. The average molecular weight is 461 g/mol. The second-order valence-corrected chi connectivity index (χ2v) is 8.32. The van der Waals surface area contributed by atoms with Gasteiger partial charge in [-0.3, -0.25) is 9.36 Å². The summed E-state index contributed by atoms with van der Waals surface area (Å²) < 4.78 is 32.4. The molecule has 1 aromatic carbocycles. The molecule has 1 saturated heterocycles.